The summed E-state index contributed by atoms with van der Waals surface area (Å²) < 4.78 is 1.69. The predicted octanol–water partition coefficient (Wildman–Crippen LogP) is 2.38. The number of guanidine groups is 1. The van der Waals surface area contributed by atoms with Crippen LogP contribution >= 0.6 is 24.0 Å². The van der Waals surface area contributed by atoms with Gasteiger partial charge in [-0.1, -0.05) is 12.1 Å². The largest absolute Gasteiger partial charge is 0.356 e. The maximum atomic E-state index is 12.7. The predicted molar refractivity (Wildman–Crippen MR) is 141 cm³/mol. The van der Waals surface area contributed by atoms with Gasteiger partial charge in [0.25, 0.3) is 0 Å². The van der Waals surface area contributed by atoms with Crippen molar-refractivity contribution >= 4 is 53.2 Å². The Labute approximate surface area is 211 Å². The third-order valence-electron chi connectivity index (χ3n) is 4.90. The average Bonchev–Trinajstić information content (AvgIpc) is 3.17. The molecule has 1 aromatic heterocycles. The molecule has 2 aromatic rings. The number of urea groups is 1. The standard InChI is InChI=1S/C22H32N8O2.HI/c1-5-23-21(29-10-11-30(20(31)15-29)19-13-25-28(4)14-19)24-12-17-6-8-18(9-7-17)27-22(32)26-16(2)3;/h6-9,13-14,16H,5,10-12,15H2,1-4H3,(H,23,24)(H2,26,27,32);1H. The fourth-order valence-electron chi connectivity index (χ4n) is 3.39. The lowest BCUT2D eigenvalue weighted by Crippen LogP contribution is -2.55. The van der Waals surface area contributed by atoms with Gasteiger partial charge in [0.15, 0.2) is 5.96 Å². The molecule has 180 valence electrons. The first-order chi connectivity index (χ1) is 15.4. The second-order valence-corrected chi connectivity index (χ2v) is 7.96. The zero-order valence-corrected chi connectivity index (χ0v) is 21.9. The first-order valence-electron chi connectivity index (χ1n) is 10.8. The van der Waals surface area contributed by atoms with Crippen LogP contribution in [0.3, 0.4) is 0 Å². The zero-order chi connectivity index (χ0) is 23.1. The van der Waals surface area contributed by atoms with Crippen LogP contribution in [0.15, 0.2) is 41.7 Å². The number of hydrogen-bond donors (Lipinski definition) is 3. The summed E-state index contributed by atoms with van der Waals surface area (Å²) in [6.45, 7) is 8.53. The number of benzene rings is 1. The summed E-state index contributed by atoms with van der Waals surface area (Å²) in [6.07, 6.45) is 3.55. The van der Waals surface area contributed by atoms with Gasteiger partial charge >= 0.3 is 6.03 Å². The molecule has 3 amide bonds. The maximum Gasteiger partial charge on any atom is 0.319 e. The van der Waals surface area contributed by atoms with Crippen molar-refractivity contribution in [1.29, 1.82) is 0 Å². The molecule has 0 spiro atoms. The Morgan fingerprint density at radius 1 is 1.21 bits per heavy atom. The van der Waals surface area contributed by atoms with Gasteiger partial charge in [0.2, 0.25) is 5.91 Å². The quantitative estimate of drug-likeness (QED) is 0.282. The molecule has 2 heterocycles. The Hall–Kier alpha value is -2.83. The van der Waals surface area contributed by atoms with Crippen LogP contribution in [0.4, 0.5) is 16.2 Å². The van der Waals surface area contributed by atoms with Crippen LogP contribution in [0.25, 0.3) is 0 Å². The van der Waals surface area contributed by atoms with E-state index in [1.54, 1.807) is 15.8 Å². The van der Waals surface area contributed by atoms with Gasteiger partial charge < -0.3 is 25.8 Å². The minimum atomic E-state index is -0.227. The van der Waals surface area contributed by atoms with E-state index in [-0.39, 0.29) is 48.5 Å². The molecule has 1 aliphatic heterocycles. The molecule has 0 aliphatic carbocycles. The number of anilines is 2. The number of aryl methyl sites for hydroxylation is 1. The summed E-state index contributed by atoms with van der Waals surface area (Å²) in [5.74, 6) is 0.732. The molecule has 0 atom stereocenters. The number of nitrogens with one attached hydrogen (secondary N) is 3. The highest BCUT2D eigenvalue weighted by atomic mass is 127. The molecule has 0 radical (unpaired) electrons. The molecule has 10 nitrogen and oxygen atoms in total. The lowest BCUT2D eigenvalue weighted by atomic mass is 10.2. The van der Waals surface area contributed by atoms with Crippen LogP contribution in [0.1, 0.15) is 26.3 Å². The van der Waals surface area contributed by atoms with Crippen molar-refractivity contribution in [3.8, 4) is 0 Å². The SMILES string of the molecule is CCNC(=NCc1ccc(NC(=O)NC(C)C)cc1)N1CCN(c2cnn(C)c2)C(=O)C1.I. The number of halogens is 1. The van der Waals surface area contributed by atoms with Crippen molar-refractivity contribution in [2.45, 2.75) is 33.4 Å². The summed E-state index contributed by atoms with van der Waals surface area (Å²) in [5, 5.41) is 13.0. The molecule has 1 aromatic carbocycles. The molecule has 0 bridgehead atoms. The van der Waals surface area contributed by atoms with Crippen molar-refractivity contribution in [2.75, 3.05) is 36.4 Å². The molecular formula is C22H33IN8O2. The summed E-state index contributed by atoms with van der Waals surface area (Å²) in [7, 11) is 1.84. The van der Waals surface area contributed by atoms with E-state index in [0.717, 1.165) is 16.9 Å². The number of nitrogens with zero attached hydrogens (tertiary/aromatic N) is 5. The number of amides is 3. The third kappa shape index (κ3) is 7.62. The summed E-state index contributed by atoms with van der Waals surface area (Å²) in [4.78, 5) is 33.0. The molecule has 1 fully saturated rings. The van der Waals surface area contributed by atoms with Gasteiger partial charge in [-0.15, -0.1) is 24.0 Å². The average molecular weight is 568 g/mol. The number of aliphatic imine (C=N–C) groups is 1. The van der Waals surface area contributed by atoms with E-state index in [4.69, 9.17) is 4.99 Å². The first kappa shape index (κ1) is 26.4. The van der Waals surface area contributed by atoms with Crippen molar-refractivity contribution in [1.82, 2.24) is 25.3 Å². The van der Waals surface area contributed by atoms with Gasteiger partial charge in [-0.25, -0.2) is 9.79 Å². The smallest absolute Gasteiger partial charge is 0.319 e. The van der Waals surface area contributed by atoms with Gasteiger partial charge in [0.1, 0.15) is 6.54 Å². The lowest BCUT2D eigenvalue weighted by molar-refractivity contribution is -0.120. The fourth-order valence-corrected chi connectivity index (χ4v) is 3.39. The van der Waals surface area contributed by atoms with Crippen LogP contribution in [-0.4, -0.2) is 64.8 Å². The fraction of sp³-hybridized carbons (Fsp3) is 0.455. The molecular weight excluding hydrogens is 535 g/mol. The second-order valence-electron chi connectivity index (χ2n) is 7.96. The number of aromatic nitrogens is 2. The van der Waals surface area contributed by atoms with Gasteiger partial charge in [-0.2, -0.15) is 5.10 Å². The summed E-state index contributed by atoms with van der Waals surface area (Å²) in [5.41, 5.74) is 2.55. The van der Waals surface area contributed by atoms with Gasteiger partial charge in [-0.05, 0) is 38.5 Å². The normalized spacial score (nSPS) is 14.2. The van der Waals surface area contributed by atoms with E-state index in [1.165, 1.54) is 0 Å². The molecule has 3 rings (SSSR count). The highest BCUT2D eigenvalue weighted by molar-refractivity contribution is 14.0. The number of carbonyl (C=O) groups is 2. The van der Waals surface area contributed by atoms with Crippen LogP contribution in [-0.2, 0) is 18.4 Å². The van der Waals surface area contributed by atoms with Gasteiger partial charge in [0.05, 0.1) is 18.4 Å². The number of piperazine rings is 1. The van der Waals surface area contributed by atoms with Crippen LogP contribution in [0.2, 0.25) is 0 Å². The Kier molecular flexibility index (Phi) is 9.95. The Balaban J connectivity index is 0.00000385. The molecule has 1 aliphatic rings. The van der Waals surface area contributed by atoms with E-state index in [0.29, 0.717) is 32.1 Å². The van der Waals surface area contributed by atoms with E-state index < -0.39 is 0 Å². The van der Waals surface area contributed by atoms with E-state index in [2.05, 4.69) is 21.0 Å². The Morgan fingerprint density at radius 3 is 2.52 bits per heavy atom. The van der Waals surface area contributed by atoms with Gasteiger partial charge in [0, 0.05) is 44.6 Å². The number of carbonyl (C=O) groups excluding carboxylic acids is 2. The molecule has 1 saturated heterocycles. The molecule has 0 saturated carbocycles. The van der Waals surface area contributed by atoms with Crippen LogP contribution in [0, 0.1) is 0 Å². The van der Waals surface area contributed by atoms with Crippen molar-refractivity contribution in [2.24, 2.45) is 12.0 Å². The Bertz CT molecular complexity index is 958. The highest BCUT2D eigenvalue weighted by Gasteiger charge is 2.27. The van der Waals surface area contributed by atoms with Crippen molar-refractivity contribution < 1.29 is 9.59 Å². The van der Waals surface area contributed by atoms with Crippen LogP contribution in [0.5, 0.6) is 0 Å². The van der Waals surface area contributed by atoms with E-state index >= 15 is 0 Å². The summed E-state index contributed by atoms with van der Waals surface area (Å²) >= 11 is 0. The van der Waals surface area contributed by atoms with Gasteiger partial charge in [-0.3, -0.25) is 9.48 Å². The molecule has 33 heavy (non-hydrogen) atoms. The Morgan fingerprint density at radius 2 is 1.94 bits per heavy atom. The molecule has 11 heteroatoms. The number of rotatable bonds is 6. The number of hydrogen-bond acceptors (Lipinski definition) is 4. The first-order valence-corrected chi connectivity index (χ1v) is 10.8. The van der Waals surface area contributed by atoms with Crippen molar-refractivity contribution in [3.05, 3.63) is 42.2 Å². The lowest BCUT2D eigenvalue weighted by Gasteiger charge is -2.35. The van der Waals surface area contributed by atoms with Crippen molar-refractivity contribution in [3.63, 3.8) is 0 Å². The third-order valence-corrected chi connectivity index (χ3v) is 4.90. The summed E-state index contributed by atoms with van der Waals surface area (Å²) in [6, 6.07) is 7.43. The minimum absolute atomic E-state index is 0. The maximum absolute atomic E-state index is 12.7. The monoisotopic (exact) mass is 568 g/mol. The highest BCUT2D eigenvalue weighted by Crippen LogP contribution is 2.16. The van der Waals surface area contributed by atoms with E-state index in [1.807, 2.05) is 63.2 Å². The minimum Gasteiger partial charge on any atom is -0.356 e. The topological polar surface area (TPSA) is 107 Å². The van der Waals surface area contributed by atoms with E-state index in [9.17, 15) is 9.59 Å². The molecule has 3 N–H and O–H groups in total. The second kappa shape index (κ2) is 12.4. The van der Waals surface area contributed by atoms with Crippen LogP contribution < -0.4 is 20.9 Å². The molecule has 0 unspecified atom stereocenters. The zero-order valence-electron chi connectivity index (χ0n) is 19.5.